The number of anilines is 1. The van der Waals surface area contributed by atoms with Crippen molar-refractivity contribution in [1.82, 2.24) is 9.78 Å². The summed E-state index contributed by atoms with van der Waals surface area (Å²) in [6.07, 6.45) is 3.77. The van der Waals surface area contributed by atoms with E-state index in [0.717, 1.165) is 21.8 Å². The Morgan fingerprint density at radius 3 is 2.37 bits per heavy atom. The molecule has 4 rings (SSSR count). The first-order valence-electron chi connectivity index (χ1n) is 9.43. The quantitative estimate of drug-likeness (QED) is 0.421. The van der Waals surface area contributed by atoms with Crippen molar-refractivity contribution in [3.8, 4) is 22.7 Å². The van der Waals surface area contributed by atoms with Crippen LogP contribution >= 0.6 is 11.8 Å². The minimum absolute atomic E-state index is 0.227. The van der Waals surface area contributed by atoms with Gasteiger partial charge in [0.25, 0.3) is 5.91 Å². The first kappa shape index (κ1) is 19.8. The maximum absolute atomic E-state index is 13.2. The van der Waals surface area contributed by atoms with Gasteiger partial charge in [0.1, 0.15) is 11.4 Å². The number of ether oxygens (including phenoxy) is 1. The highest BCUT2D eigenvalue weighted by molar-refractivity contribution is 7.98. The molecule has 0 unspecified atom stereocenters. The highest BCUT2D eigenvalue weighted by atomic mass is 32.2. The number of carbonyl (C=O) groups is 1. The van der Waals surface area contributed by atoms with Gasteiger partial charge in [-0.1, -0.05) is 30.3 Å². The molecule has 0 saturated heterocycles. The van der Waals surface area contributed by atoms with E-state index in [9.17, 15) is 4.79 Å². The van der Waals surface area contributed by atoms with Gasteiger partial charge in [0, 0.05) is 22.3 Å². The molecule has 0 atom stereocenters. The lowest BCUT2D eigenvalue weighted by atomic mass is 10.1. The molecule has 0 radical (unpaired) electrons. The number of amides is 1. The van der Waals surface area contributed by atoms with Crippen molar-refractivity contribution in [3.05, 3.63) is 90.6 Å². The fourth-order valence-electron chi connectivity index (χ4n) is 3.17. The molecular weight excluding hydrogens is 394 g/mol. The van der Waals surface area contributed by atoms with Gasteiger partial charge in [-0.15, -0.1) is 11.8 Å². The summed E-state index contributed by atoms with van der Waals surface area (Å²) in [4.78, 5) is 14.3. The summed E-state index contributed by atoms with van der Waals surface area (Å²) in [5.41, 5.74) is 3.40. The molecule has 0 fully saturated rings. The lowest BCUT2D eigenvalue weighted by Gasteiger charge is -2.09. The number of benzene rings is 3. The molecule has 0 aliphatic rings. The Labute approximate surface area is 179 Å². The second-order valence-electron chi connectivity index (χ2n) is 6.55. The highest BCUT2D eigenvalue weighted by Crippen LogP contribution is 2.32. The van der Waals surface area contributed by atoms with E-state index >= 15 is 0 Å². The van der Waals surface area contributed by atoms with Crippen LogP contribution in [0.15, 0.2) is 90.0 Å². The monoisotopic (exact) mass is 415 g/mol. The van der Waals surface area contributed by atoms with Crippen molar-refractivity contribution in [1.29, 1.82) is 0 Å². The highest BCUT2D eigenvalue weighted by Gasteiger charge is 2.21. The van der Waals surface area contributed by atoms with E-state index in [4.69, 9.17) is 9.84 Å². The molecular formula is C24H21N3O2S. The van der Waals surface area contributed by atoms with Gasteiger partial charge in [-0.3, -0.25) is 4.79 Å². The van der Waals surface area contributed by atoms with E-state index in [1.165, 1.54) is 0 Å². The number of nitrogens with zero attached hydrogens (tertiary/aromatic N) is 2. The van der Waals surface area contributed by atoms with E-state index in [1.54, 1.807) is 29.8 Å². The van der Waals surface area contributed by atoms with Crippen LogP contribution in [0.4, 0.5) is 5.69 Å². The number of aromatic nitrogens is 2. The van der Waals surface area contributed by atoms with Crippen molar-refractivity contribution >= 4 is 23.4 Å². The average molecular weight is 416 g/mol. The van der Waals surface area contributed by atoms with E-state index in [1.807, 2.05) is 85.1 Å². The number of carbonyl (C=O) groups excluding carboxylic acids is 1. The standard InChI is InChI=1S/C24H21N3O2S/c1-29-22-11-7-6-10-20(22)23-21(16-27(26-23)18-8-4-3-5-9-18)24(28)25-17-12-14-19(30-2)15-13-17/h3-16H,1-2H3,(H,25,28). The van der Waals surface area contributed by atoms with Crippen LogP contribution in [0.5, 0.6) is 5.75 Å². The summed E-state index contributed by atoms with van der Waals surface area (Å²) < 4.78 is 7.23. The van der Waals surface area contributed by atoms with Gasteiger partial charge in [-0.05, 0) is 54.8 Å². The predicted octanol–water partition coefficient (Wildman–Crippen LogP) is 5.52. The Kier molecular flexibility index (Phi) is 5.86. The molecule has 0 aliphatic heterocycles. The zero-order chi connectivity index (χ0) is 20.9. The zero-order valence-electron chi connectivity index (χ0n) is 16.7. The van der Waals surface area contributed by atoms with Crippen molar-refractivity contribution in [2.45, 2.75) is 4.90 Å². The maximum atomic E-state index is 13.2. The van der Waals surface area contributed by atoms with Gasteiger partial charge in [0.2, 0.25) is 0 Å². The summed E-state index contributed by atoms with van der Waals surface area (Å²) in [5.74, 6) is 0.434. The molecule has 5 nitrogen and oxygen atoms in total. The lowest BCUT2D eigenvalue weighted by molar-refractivity contribution is 0.102. The molecule has 4 aromatic rings. The molecule has 0 aliphatic carbocycles. The normalized spacial score (nSPS) is 10.6. The van der Waals surface area contributed by atoms with E-state index in [0.29, 0.717) is 17.0 Å². The summed E-state index contributed by atoms with van der Waals surface area (Å²) in [6, 6.07) is 25.0. The van der Waals surface area contributed by atoms with Crippen LogP contribution in [0.2, 0.25) is 0 Å². The van der Waals surface area contributed by atoms with Crippen LogP contribution in [0.25, 0.3) is 16.9 Å². The topological polar surface area (TPSA) is 56.2 Å². The van der Waals surface area contributed by atoms with Gasteiger partial charge < -0.3 is 10.1 Å². The molecule has 150 valence electrons. The fraction of sp³-hybridized carbons (Fsp3) is 0.0833. The van der Waals surface area contributed by atoms with E-state index in [-0.39, 0.29) is 5.91 Å². The second-order valence-corrected chi connectivity index (χ2v) is 7.43. The number of para-hydroxylation sites is 2. The van der Waals surface area contributed by atoms with E-state index < -0.39 is 0 Å². The van der Waals surface area contributed by atoms with Crippen LogP contribution in [-0.2, 0) is 0 Å². The van der Waals surface area contributed by atoms with Crippen molar-refractivity contribution in [3.63, 3.8) is 0 Å². The van der Waals surface area contributed by atoms with Gasteiger partial charge in [0.05, 0.1) is 18.4 Å². The van der Waals surface area contributed by atoms with Crippen LogP contribution in [0.3, 0.4) is 0 Å². The average Bonchev–Trinajstić information content (AvgIpc) is 3.25. The number of hydrogen-bond acceptors (Lipinski definition) is 4. The summed E-state index contributed by atoms with van der Waals surface area (Å²) >= 11 is 1.66. The Bertz CT molecular complexity index is 1150. The summed E-state index contributed by atoms with van der Waals surface area (Å²) in [5, 5.41) is 7.70. The lowest BCUT2D eigenvalue weighted by Crippen LogP contribution is -2.12. The fourth-order valence-corrected chi connectivity index (χ4v) is 3.57. The number of nitrogens with one attached hydrogen (secondary N) is 1. The Balaban J connectivity index is 1.76. The predicted molar refractivity (Wildman–Crippen MR) is 122 cm³/mol. The third-order valence-electron chi connectivity index (χ3n) is 4.69. The van der Waals surface area contributed by atoms with Gasteiger partial charge in [-0.2, -0.15) is 5.10 Å². The van der Waals surface area contributed by atoms with Crippen LogP contribution < -0.4 is 10.1 Å². The van der Waals surface area contributed by atoms with Gasteiger partial charge >= 0.3 is 0 Å². The molecule has 6 heteroatoms. The molecule has 1 N–H and O–H groups in total. The van der Waals surface area contributed by atoms with Crippen molar-refractivity contribution in [2.24, 2.45) is 0 Å². The molecule has 1 heterocycles. The minimum atomic E-state index is -0.227. The summed E-state index contributed by atoms with van der Waals surface area (Å²) in [6.45, 7) is 0. The maximum Gasteiger partial charge on any atom is 0.259 e. The largest absolute Gasteiger partial charge is 0.496 e. The Hall–Kier alpha value is -3.51. The van der Waals surface area contributed by atoms with E-state index in [2.05, 4.69) is 5.32 Å². The van der Waals surface area contributed by atoms with Crippen molar-refractivity contribution < 1.29 is 9.53 Å². The number of thioether (sulfide) groups is 1. The third kappa shape index (κ3) is 4.09. The Morgan fingerprint density at radius 2 is 1.67 bits per heavy atom. The molecule has 0 bridgehead atoms. The molecule has 1 aromatic heterocycles. The zero-order valence-corrected chi connectivity index (χ0v) is 17.5. The molecule has 1 amide bonds. The smallest absolute Gasteiger partial charge is 0.259 e. The van der Waals surface area contributed by atoms with Crippen LogP contribution in [0.1, 0.15) is 10.4 Å². The number of rotatable bonds is 6. The number of hydrogen-bond donors (Lipinski definition) is 1. The van der Waals surface area contributed by atoms with Gasteiger partial charge in [0.15, 0.2) is 0 Å². The summed E-state index contributed by atoms with van der Waals surface area (Å²) in [7, 11) is 1.61. The first-order chi connectivity index (χ1) is 14.7. The first-order valence-corrected chi connectivity index (χ1v) is 10.7. The Morgan fingerprint density at radius 1 is 0.967 bits per heavy atom. The second kappa shape index (κ2) is 8.88. The van der Waals surface area contributed by atoms with Crippen LogP contribution in [-0.4, -0.2) is 29.1 Å². The number of methoxy groups -OCH3 is 1. The molecule has 30 heavy (non-hydrogen) atoms. The molecule has 0 saturated carbocycles. The van der Waals surface area contributed by atoms with Gasteiger partial charge in [-0.25, -0.2) is 4.68 Å². The third-order valence-corrected chi connectivity index (χ3v) is 5.43. The van der Waals surface area contributed by atoms with Crippen LogP contribution in [0, 0.1) is 0 Å². The SMILES string of the molecule is COc1ccccc1-c1nn(-c2ccccc2)cc1C(=O)Nc1ccc(SC)cc1. The molecule has 0 spiro atoms. The minimum Gasteiger partial charge on any atom is -0.496 e. The van der Waals surface area contributed by atoms with Crippen molar-refractivity contribution in [2.75, 3.05) is 18.7 Å². The molecule has 3 aromatic carbocycles.